The number of aromatic nitrogens is 2. The second kappa shape index (κ2) is 10.8. The largest absolute Gasteiger partial charge is 0.476 e. The summed E-state index contributed by atoms with van der Waals surface area (Å²) < 4.78 is 5.35. The fourth-order valence-corrected chi connectivity index (χ4v) is 4.30. The molecule has 0 radical (unpaired) electrons. The summed E-state index contributed by atoms with van der Waals surface area (Å²) in [6, 6.07) is 2.61. The Labute approximate surface area is 200 Å². The van der Waals surface area contributed by atoms with Gasteiger partial charge in [0.1, 0.15) is 18.3 Å². The second-order valence-electron chi connectivity index (χ2n) is 9.60. The lowest BCUT2D eigenvalue weighted by atomic mass is 9.75. The second-order valence-corrected chi connectivity index (χ2v) is 9.60. The highest BCUT2D eigenvalue weighted by molar-refractivity contribution is 6.06. The summed E-state index contributed by atoms with van der Waals surface area (Å²) in [6.07, 6.45) is 4.79. The molecule has 1 aliphatic rings. The molecule has 34 heavy (non-hydrogen) atoms. The Morgan fingerprint density at radius 3 is 2.71 bits per heavy atom. The molecule has 0 saturated carbocycles. The molecular formula is C25H35N5O4. The van der Waals surface area contributed by atoms with Crippen molar-refractivity contribution in [2.75, 3.05) is 18.5 Å². The molecule has 2 aromatic rings. The number of pyridine rings is 1. The Bertz CT molecular complexity index is 1040. The van der Waals surface area contributed by atoms with E-state index in [1.54, 1.807) is 19.1 Å². The van der Waals surface area contributed by atoms with Gasteiger partial charge in [-0.3, -0.25) is 14.4 Å². The standard InChI is InChI=1S/C25H35N5O4/c1-5-6-7-17(23(32)28-16-8-9-20(27-14-16)34-11-10-26)30-24(33)22-15(2)21-18(29-22)12-25(3,4)13-19(21)31/h8-9,14,17,29H,5-7,10-13,26H2,1-4H3,(H,28,32)(H,30,33). The van der Waals surface area contributed by atoms with Gasteiger partial charge in [0.2, 0.25) is 11.8 Å². The normalized spacial score (nSPS) is 15.4. The van der Waals surface area contributed by atoms with Crippen molar-refractivity contribution in [3.8, 4) is 5.88 Å². The zero-order valence-corrected chi connectivity index (χ0v) is 20.4. The van der Waals surface area contributed by atoms with Gasteiger partial charge in [0, 0.05) is 30.3 Å². The van der Waals surface area contributed by atoms with Crippen LogP contribution in [0.4, 0.5) is 5.69 Å². The molecule has 2 amide bonds. The number of carbonyl (C=O) groups excluding carboxylic acids is 3. The number of aromatic amines is 1. The fourth-order valence-electron chi connectivity index (χ4n) is 4.30. The number of nitrogens with two attached hydrogens (primary N) is 1. The van der Waals surface area contributed by atoms with Crippen LogP contribution in [0.25, 0.3) is 0 Å². The number of anilines is 1. The number of nitrogens with zero attached hydrogens (tertiary/aromatic N) is 1. The molecule has 0 aliphatic heterocycles. The van der Waals surface area contributed by atoms with E-state index in [1.807, 2.05) is 20.8 Å². The Hall–Kier alpha value is -3.20. The molecule has 0 spiro atoms. The number of fused-ring (bicyclic) bond motifs is 1. The summed E-state index contributed by atoms with van der Waals surface area (Å²) in [4.78, 5) is 46.1. The average Bonchev–Trinajstić information content (AvgIpc) is 3.11. The van der Waals surface area contributed by atoms with Crippen molar-refractivity contribution in [2.45, 2.75) is 65.8 Å². The van der Waals surface area contributed by atoms with Gasteiger partial charge in [-0.2, -0.15) is 0 Å². The Kier molecular flexibility index (Phi) is 8.09. The van der Waals surface area contributed by atoms with Crippen LogP contribution in [0.2, 0.25) is 0 Å². The minimum atomic E-state index is -0.729. The summed E-state index contributed by atoms with van der Waals surface area (Å²) in [5.41, 5.74) is 8.15. The monoisotopic (exact) mass is 469 g/mol. The van der Waals surface area contributed by atoms with E-state index in [4.69, 9.17) is 10.5 Å². The first-order valence-electron chi connectivity index (χ1n) is 11.8. The van der Waals surface area contributed by atoms with E-state index in [-0.39, 0.29) is 17.1 Å². The number of ketones is 1. The third-order valence-electron chi connectivity index (χ3n) is 5.97. The molecule has 2 aromatic heterocycles. The van der Waals surface area contributed by atoms with Gasteiger partial charge in [0.15, 0.2) is 5.78 Å². The Morgan fingerprint density at radius 1 is 1.29 bits per heavy atom. The van der Waals surface area contributed by atoms with E-state index in [0.29, 0.717) is 60.8 Å². The summed E-state index contributed by atoms with van der Waals surface area (Å²) in [6.45, 7) is 8.63. The molecule has 0 fully saturated rings. The van der Waals surface area contributed by atoms with Crippen molar-refractivity contribution >= 4 is 23.3 Å². The van der Waals surface area contributed by atoms with Gasteiger partial charge in [-0.15, -0.1) is 0 Å². The van der Waals surface area contributed by atoms with E-state index in [9.17, 15) is 14.4 Å². The maximum Gasteiger partial charge on any atom is 0.268 e. The van der Waals surface area contributed by atoms with Crippen molar-refractivity contribution in [3.05, 3.63) is 40.8 Å². The van der Waals surface area contributed by atoms with Crippen molar-refractivity contribution in [1.82, 2.24) is 15.3 Å². The van der Waals surface area contributed by atoms with Crippen LogP contribution in [-0.2, 0) is 11.2 Å². The van der Waals surface area contributed by atoms with Gasteiger partial charge in [-0.05, 0) is 36.8 Å². The van der Waals surface area contributed by atoms with Crippen LogP contribution in [0, 0.1) is 12.3 Å². The lowest BCUT2D eigenvalue weighted by Gasteiger charge is -2.28. The molecule has 9 heteroatoms. The zero-order valence-electron chi connectivity index (χ0n) is 20.4. The number of ether oxygens (including phenoxy) is 1. The van der Waals surface area contributed by atoms with Crippen LogP contribution < -0.4 is 21.1 Å². The molecule has 2 heterocycles. The number of unbranched alkanes of at least 4 members (excludes halogenated alkanes) is 1. The van der Waals surface area contributed by atoms with Gasteiger partial charge in [-0.25, -0.2) is 4.98 Å². The van der Waals surface area contributed by atoms with Crippen LogP contribution in [0.15, 0.2) is 18.3 Å². The molecule has 0 saturated heterocycles. The molecule has 1 aliphatic carbocycles. The first-order valence-corrected chi connectivity index (χ1v) is 11.8. The third-order valence-corrected chi connectivity index (χ3v) is 5.97. The predicted octanol–water partition coefficient (Wildman–Crippen LogP) is 3.14. The first-order chi connectivity index (χ1) is 16.1. The van der Waals surface area contributed by atoms with E-state index in [2.05, 4.69) is 20.6 Å². The van der Waals surface area contributed by atoms with Crippen LogP contribution in [-0.4, -0.2) is 46.8 Å². The summed E-state index contributed by atoms with van der Waals surface area (Å²) in [5, 5.41) is 5.67. The zero-order chi connectivity index (χ0) is 24.9. The van der Waals surface area contributed by atoms with Crippen LogP contribution in [0.1, 0.15) is 78.6 Å². The van der Waals surface area contributed by atoms with Crippen molar-refractivity contribution in [3.63, 3.8) is 0 Å². The molecule has 0 bridgehead atoms. The first kappa shape index (κ1) is 25.4. The van der Waals surface area contributed by atoms with E-state index in [1.165, 1.54) is 6.20 Å². The number of Topliss-reactive ketones (excluding diaryl/α,β-unsaturated/α-hetero) is 1. The third kappa shape index (κ3) is 6.02. The van der Waals surface area contributed by atoms with Gasteiger partial charge in [0.05, 0.1) is 11.9 Å². The highest BCUT2D eigenvalue weighted by atomic mass is 16.5. The van der Waals surface area contributed by atoms with Crippen LogP contribution in [0.5, 0.6) is 5.88 Å². The maximum atomic E-state index is 13.2. The SMILES string of the molecule is CCCCC(NC(=O)c1[nH]c2c(c1C)C(=O)CC(C)(C)C2)C(=O)Nc1ccc(OCCN)nc1. The quantitative estimate of drug-likeness (QED) is 0.422. The molecular weight excluding hydrogens is 434 g/mol. The van der Waals surface area contributed by atoms with E-state index >= 15 is 0 Å². The number of hydrogen-bond acceptors (Lipinski definition) is 6. The average molecular weight is 470 g/mol. The molecule has 1 atom stereocenters. The lowest BCUT2D eigenvalue weighted by Crippen LogP contribution is -2.44. The van der Waals surface area contributed by atoms with Gasteiger partial charge >= 0.3 is 0 Å². The highest BCUT2D eigenvalue weighted by Gasteiger charge is 2.35. The summed E-state index contributed by atoms with van der Waals surface area (Å²) >= 11 is 0. The fraction of sp³-hybridized carbons (Fsp3) is 0.520. The number of hydrogen-bond donors (Lipinski definition) is 4. The topological polar surface area (TPSA) is 139 Å². The Morgan fingerprint density at radius 2 is 2.06 bits per heavy atom. The molecule has 184 valence electrons. The number of H-pyrrole nitrogens is 1. The van der Waals surface area contributed by atoms with Crippen LogP contribution in [0.3, 0.4) is 0 Å². The van der Waals surface area contributed by atoms with Gasteiger partial charge < -0.3 is 26.1 Å². The Balaban J connectivity index is 1.73. The lowest BCUT2D eigenvalue weighted by molar-refractivity contribution is -0.118. The number of amides is 2. The van der Waals surface area contributed by atoms with Crippen molar-refractivity contribution in [1.29, 1.82) is 0 Å². The molecule has 1 unspecified atom stereocenters. The number of nitrogens with one attached hydrogen (secondary N) is 3. The van der Waals surface area contributed by atoms with E-state index < -0.39 is 11.9 Å². The molecule has 9 nitrogen and oxygen atoms in total. The highest BCUT2D eigenvalue weighted by Crippen LogP contribution is 2.36. The minimum Gasteiger partial charge on any atom is -0.476 e. The van der Waals surface area contributed by atoms with Gasteiger partial charge in [0.25, 0.3) is 5.91 Å². The molecule has 5 N–H and O–H groups in total. The minimum absolute atomic E-state index is 0.0470. The van der Waals surface area contributed by atoms with Crippen molar-refractivity contribution < 1.29 is 19.1 Å². The predicted molar refractivity (Wildman–Crippen MR) is 130 cm³/mol. The van der Waals surface area contributed by atoms with Gasteiger partial charge in [-0.1, -0.05) is 33.6 Å². The molecule has 3 rings (SSSR count). The summed E-state index contributed by atoms with van der Waals surface area (Å²) in [7, 11) is 0. The number of carbonyl (C=O) groups is 3. The van der Waals surface area contributed by atoms with Crippen molar-refractivity contribution in [2.24, 2.45) is 11.1 Å². The summed E-state index contributed by atoms with van der Waals surface area (Å²) in [5.74, 6) is -0.253. The maximum absolute atomic E-state index is 13.2. The smallest absolute Gasteiger partial charge is 0.268 e. The molecule has 0 aromatic carbocycles. The van der Waals surface area contributed by atoms with E-state index in [0.717, 1.165) is 18.5 Å². The van der Waals surface area contributed by atoms with Crippen LogP contribution >= 0.6 is 0 Å². The number of rotatable bonds is 10.